The Morgan fingerprint density at radius 2 is 1.92 bits per heavy atom. The molecule has 1 amide bonds. The number of aliphatic hydroxyl groups is 1. The van der Waals surface area contributed by atoms with Crippen molar-refractivity contribution in [3.8, 4) is 0 Å². The van der Waals surface area contributed by atoms with E-state index < -0.39 is 29.8 Å². The summed E-state index contributed by atoms with van der Waals surface area (Å²) in [5, 5.41) is 14.6. The number of hydrogen-bond acceptors (Lipinski definition) is 5. The fourth-order valence-corrected chi connectivity index (χ4v) is 5.86. The third kappa shape index (κ3) is 7.55. The zero-order valence-corrected chi connectivity index (χ0v) is 22.5. The Morgan fingerprint density at radius 3 is 2.68 bits per heavy atom. The summed E-state index contributed by atoms with van der Waals surface area (Å²) >= 11 is 7.49. The Kier molecular flexibility index (Phi) is 9.44. The quantitative estimate of drug-likeness (QED) is 0.176. The average molecular weight is 566 g/mol. The molecule has 0 spiro atoms. The van der Waals surface area contributed by atoms with Gasteiger partial charge in [-0.15, -0.1) is 23.4 Å². The van der Waals surface area contributed by atoms with Crippen LogP contribution in [0.4, 0.5) is 18.9 Å². The van der Waals surface area contributed by atoms with Crippen LogP contribution >= 0.6 is 23.4 Å². The van der Waals surface area contributed by atoms with E-state index in [9.17, 15) is 23.1 Å². The fraction of sp³-hybridized carbons (Fsp3) is 0.429. The Morgan fingerprint density at radius 1 is 1.16 bits per heavy atom. The van der Waals surface area contributed by atoms with Crippen LogP contribution in [0, 0.1) is 0 Å². The molecule has 2 aromatic rings. The van der Waals surface area contributed by atoms with E-state index in [-0.39, 0.29) is 17.7 Å². The lowest BCUT2D eigenvalue weighted by atomic mass is 10.0. The number of alkyl halides is 4. The zero-order valence-electron chi connectivity index (χ0n) is 20.9. The standard InChI is InChI=1S/C28H31ClF3N3O2S/c29-21-10-11-23-24(12-14-34-25(23)16-21)33-13-6-1-2-7-15-35-26(36)20(18-28(30,31)32)17-27(35,37)19-38-22-8-4-3-5-9-22/h3-5,8-12,14,17,21,37H,1-2,6-7,13,15-16,18-19H2,(H,33,34). The molecule has 1 aromatic heterocycles. The lowest BCUT2D eigenvalue weighted by Gasteiger charge is -2.33. The van der Waals surface area contributed by atoms with Gasteiger partial charge in [0.1, 0.15) is 0 Å². The minimum Gasteiger partial charge on any atom is -0.384 e. The summed E-state index contributed by atoms with van der Waals surface area (Å²) in [4.78, 5) is 19.3. The van der Waals surface area contributed by atoms with Gasteiger partial charge in [0, 0.05) is 47.4 Å². The van der Waals surface area contributed by atoms with Crippen molar-refractivity contribution in [3.63, 3.8) is 0 Å². The van der Waals surface area contributed by atoms with Gasteiger partial charge in [-0.05, 0) is 37.1 Å². The number of carbonyl (C=O) groups excluding carboxylic acids is 1. The van der Waals surface area contributed by atoms with Crippen LogP contribution in [0.1, 0.15) is 43.4 Å². The topological polar surface area (TPSA) is 65.5 Å². The average Bonchev–Trinajstić information content (AvgIpc) is 3.10. The third-order valence-corrected chi connectivity index (χ3v) is 8.01. The van der Waals surface area contributed by atoms with Gasteiger partial charge < -0.3 is 15.3 Å². The van der Waals surface area contributed by atoms with Crippen molar-refractivity contribution >= 4 is 41.0 Å². The molecule has 2 heterocycles. The predicted molar refractivity (Wildman–Crippen MR) is 146 cm³/mol. The van der Waals surface area contributed by atoms with Crippen molar-refractivity contribution in [3.05, 3.63) is 71.6 Å². The second kappa shape index (κ2) is 12.6. The molecule has 2 atom stereocenters. The van der Waals surface area contributed by atoms with Gasteiger partial charge in [-0.2, -0.15) is 13.2 Å². The number of fused-ring (bicyclic) bond motifs is 1. The Bertz CT molecular complexity index is 1180. The monoisotopic (exact) mass is 565 g/mol. The number of aromatic nitrogens is 1. The van der Waals surface area contributed by atoms with E-state index in [0.717, 1.165) is 53.7 Å². The fourth-order valence-electron chi connectivity index (χ4n) is 4.68. The summed E-state index contributed by atoms with van der Waals surface area (Å²) in [6.45, 7) is 0.949. The first-order valence-electron chi connectivity index (χ1n) is 12.7. The predicted octanol–water partition coefficient (Wildman–Crippen LogP) is 6.43. The van der Waals surface area contributed by atoms with E-state index in [2.05, 4.69) is 10.3 Å². The van der Waals surface area contributed by atoms with Crippen LogP contribution in [0.5, 0.6) is 0 Å². The number of nitrogens with zero attached hydrogens (tertiary/aromatic N) is 2. The van der Waals surface area contributed by atoms with Gasteiger partial charge in [-0.25, -0.2) is 0 Å². The minimum atomic E-state index is -4.52. The number of allylic oxidation sites excluding steroid dienone is 1. The second-order valence-corrected chi connectivity index (χ2v) is 11.1. The molecular formula is C28H31ClF3N3O2S. The molecule has 38 heavy (non-hydrogen) atoms. The van der Waals surface area contributed by atoms with Gasteiger partial charge in [0.05, 0.1) is 23.2 Å². The van der Waals surface area contributed by atoms with E-state index in [4.69, 9.17) is 11.6 Å². The lowest BCUT2D eigenvalue weighted by Crippen LogP contribution is -2.48. The molecule has 1 aromatic carbocycles. The highest BCUT2D eigenvalue weighted by Gasteiger charge is 2.46. The second-order valence-electron chi connectivity index (χ2n) is 9.54. The maximum Gasteiger partial charge on any atom is 0.393 e. The smallest absolute Gasteiger partial charge is 0.384 e. The van der Waals surface area contributed by atoms with Gasteiger partial charge in [0.25, 0.3) is 5.91 Å². The number of hydrogen-bond donors (Lipinski definition) is 2. The van der Waals surface area contributed by atoms with Gasteiger partial charge in [0.2, 0.25) is 0 Å². The van der Waals surface area contributed by atoms with E-state index >= 15 is 0 Å². The molecule has 0 radical (unpaired) electrons. The number of pyridine rings is 1. The molecule has 0 saturated heterocycles. The first-order chi connectivity index (χ1) is 18.1. The molecule has 2 unspecified atom stereocenters. The molecule has 4 rings (SSSR count). The van der Waals surface area contributed by atoms with E-state index in [0.29, 0.717) is 12.8 Å². The molecule has 0 saturated carbocycles. The number of rotatable bonds is 12. The minimum absolute atomic E-state index is 0.0398. The molecule has 2 aliphatic rings. The maximum atomic E-state index is 13.1. The lowest BCUT2D eigenvalue weighted by molar-refractivity contribution is -0.145. The van der Waals surface area contributed by atoms with Crippen molar-refractivity contribution in [2.45, 2.75) is 60.7 Å². The van der Waals surface area contributed by atoms with Gasteiger partial charge >= 0.3 is 6.18 Å². The van der Waals surface area contributed by atoms with E-state index in [1.807, 2.05) is 48.6 Å². The number of nitrogens with one attached hydrogen (secondary N) is 1. The third-order valence-electron chi connectivity index (χ3n) is 6.53. The highest BCUT2D eigenvalue weighted by atomic mass is 35.5. The molecule has 5 nitrogen and oxygen atoms in total. The van der Waals surface area contributed by atoms with Crippen molar-refractivity contribution in [1.82, 2.24) is 9.88 Å². The van der Waals surface area contributed by atoms with E-state index in [1.54, 1.807) is 6.20 Å². The van der Waals surface area contributed by atoms with Crippen molar-refractivity contribution in [2.24, 2.45) is 0 Å². The summed E-state index contributed by atoms with van der Waals surface area (Å²) in [5.41, 5.74) is 0.904. The van der Waals surface area contributed by atoms with E-state index in [1.165, 1.54) is 16.7 Å². The summed E-state index contributed by atoms with van der Waals surface area (Å²) in [5.74, 6) is -0.682. The molecular weight excluding hydrogens is 535 g/mol. The van der Waals surface area contributed by atoms with Crippen molar-refractivity contribution < 1.29 is 23.1 Å². The molecule has 1 aliphatic heterocycles. The molecule has 1 aliphatic carbocycles. The molecule has 204 valence electrons. The highest BCUT2D eigenvalue weighted by molar-refractivity contribution is 7.99. The Balaban J connectivity index is 1.26. The van der Waals surface area contributed by atoms with Gasteiger partial charge in [-0.1, -0.05) is 43.2 Å². The maximum absolute atomic E-state index is 13.1. The number of carbonyl (C=O) groups is 1. The summed E-state index contributed by atoms with van der Waals surface area (Å²) in [7, 11) is 0. The Hall–Kier alpha value is -2.49. The van der Waals surface area contributed by atoms with Crippen LogP contribution in [0.15, 0.2) is 65.2 Å². The van der Waals surface area contributed by atoms with Crippen molar-refractivity contribution in [2.75, 3.05) is 24.2 Å². The SMILES string of the molecule is O=C1C(CC(F)(F)F)=CC(O)(CSc2ccccc2)N1CCCCCCNc1ccnc2c1C=CC(Cl)C2. The van der Waals surface area contributed by atoms with Crippen LogP contribution < -0.4 is 5.32 Å². The van der Waals surface area contributed by atoms with Gasteiger partial charge in [-0.3, -0.25) is 9.78 Å². The Labute approximate surface area is 230 Å². The summed E-state index contributed by atoms with van der Waals surface area (Å²) in [6.07, 6.45) is 4.80. The van der Waals surface area contributed by atoms with Crippen molar-refractivity contribution in [1.29, 1.82) is 0 Å². The normalized spacial score (nSPS) is 21.0. The number of thioether (sulfide) groups is 1. The first kappa shape index (κ1) is 28.5. The molecule has 10 heteroatoms. The molecule has 2 N–H and O–H groups in total. The molecule has 0 fully saturated rings. The zero-order chi connectivity index (χ0) is 27.2. The first-order valence-corrected chi connectivity index (χ1v) is 14.1. The summed E-state index contributed by atoms with van der Waals surface area (Å²) in [6, 6.07) is 11.2. The number of unbranched alkanes of at least 4 members (excludes halogenated alkanes) is 3. The number of halogens is 4. The van der Waals surface area contributed by atoms with Crippen LogP contribution in [0.2, 0.25) is 0 Å². The largest absolute Gasteiger partial charge is 0.393 e. The van der Waals surface area contributed by atoms with Crippen LogP contribution in [-0.2, 0) is 11.2 Å². The van der Waals surface area contributed by atoms with Gasteiger partial charge in [0.15, 0.2) is 5.72 Å². The number of anilines is 1. The number of amides is 1. The highest BCUT2D eigenvalue weighted by Crippen LogP contribution is 2.37. The van der Waals surface area contributed by atoms with Crippen LogP contribution in [0.25, 0.3) is 6.08 Å². The summed E-state index contributed by atoms with van der Waals surface area (Å²) < 4.78 is 39.2. The number of benzene rings is 1. The van der Waals surface area contributed by atoms with Crippen LogP contribution in [-0.4, -0.2) is 57.0 Å². The van der Waals surface area contributed by atoms with Crippen LogP contribution in [0.3, 0.4) is 0 Å². The molecule has 0 bridgehead atoms.